The molecule has 2 nitrogen and oxygen atoms in total. The van der Waals surface area contributed by atoms with Crippen molar-refractivity contribution in [3.8, 4) is 89.8 Å². The fourth-order valence-electron chi connectivity index (χ4n) is 12.3. The number of hydrogen-bond donors (Lipinski definition) is 0. The minimum absolute atomic E-state index is 1.13. The molecule has 3 heteroatoms. The van der Waals surface area contributed by atoms with Crippen LogP contribution in [-0.4, -0.2) is 17.2 Å². The van der Waals surface area contributed by atoms with E-state index >= 15 is 0 Å². The number of nitrogens with zero attached hydrogens (tertiary/aromatic N) is 2. The van der Waals surface area contributed by atoms with Gasteiger partial charge in [-0.15, -0.1) is 0 Å². The standard InChI is InChI=1S/C46H35NSi.C34H25N/c1-8-22-36(23-9-1)43-44(37-24-10-2-11-25-37)47(39-28-14-4-15-29-39)45(38-26-12-3-13-27-38)46(43)48(40-30-16-5-17-31-40,41-32-18-6-19-33-41)42-34-20-7-21-35-42;1-6-16-26(17-7-1)31-32(27-18-8-2-9-19-27)34(29-22-12-4-13-23-29)35(30-24-14-5-15-25-30)33(31)28-20-10-3-11-21-28/h1-35H;1-25H. The van der Waals surface area contributed by atoms with Crippen LogP contribution < -0.4 is 20.7 Å². The lowest BCUT2D eigenvalue weighted by atomic mass is 9.91. The highest BCUT2D eigenvalue weighted by atomic mass is 28.3. The Bertz CT molecular complexity index is 3830. The minimum atomic E-state index is -3.05. The predicted molar refractivity (Wildman–Crippen MR) is 353 cm³/mol. The summed E-state index contributed by atoms with van der Waals surface area (Å²) < 4.78 is 4.98. The maximum Gasteiger partial charge on any atom is 0.182 e. The van der Waals surface area contributed by atoms with Crippen molar-refractivity contribution >= 4 is 28.8 Å². The summed E-state index contributed by atoms with van der Waals surface area (Å²) in [4.78, 5) is 0. The summed E-state index contributed by atoms with van der Waals surface area (Å²) in [6.45, 7) is 0. The molecule has 0 fully saturated rings. The van der Waals surface area contributed by atoms with Crippen LogP contribution in [-0.2, 0) is 0 Å². The maximum absolute atomic E-state index is 3.05. The van der Waals surface area contributed by atoms with Crippen LogP contribution in [0, 0.1) is 0 Å². The summed E-state index contributed by atoms with van der Waals surface area (Å²) in [6.07, 6.45) is 0. The molecular formula is C80H60N2Si. The lowest BCUT2D eigenvalue weighted by molar-refractivity contribution is 1.10. The molecule has 0 unspecified atom stereocenters. The van der Waals surface area contributed by atoms with E-state index in [-0.39, 0.29) is 0 Å². The van der Waals surface area contributed by atoms with E-state index in [2.05, 4.69) is 373 Å². The van der Waals surface area contributed by atoms with Gasteiger partial charge in [0.05, 0.1) is 22.8 Å². The van der Waals surface area contributed by atoms with E-state index in [0.29, 0.717) is 0 Å². The zero-order valence-electron chi connectivity index (χ0n) is 46.0. The van der Waals surface area contributed by atoms with E-state index < -0.39 is 8.07 Å². The van der Waals surface area contributed by atoms with Crippen molar-refractivity contribution in [3.63, 3.8) is 0 Å². The highest BCUT2D eigenvalue weighted by Gasteiger charge is 2.47. The van der Waals surface area contributed by atoms with Crippen LogP contribution in [0.15, 0.2) is 364 Å². The van der Waals surface area contributed by atoms with Crippen molar-refractivity contribution < 1.29 is 0 Å². The Labute approximate surface area is 488 Å². The van der Waals surface area contributed by atoms with Gasteiger partial charge in [0.15, 0.2) is 8.07 Å². The van der Waals surface area contributed by atoms with Crippen LogP contribution in [0.3, 0.4) is 0 Å². The van der Waals surface area contributed by atoms with Gasteiger partial charge in [-0.2, -0.15) is 0 Å². The molecule has 0 aliphatic heterocycles. The fraction of sp³-hybridized carbons (Fsp3) is 0. The molecular weight excluding hydrogens is 1020 g/mol. The van der Waals surface area contributed by atoms with Gasteiger partial charge in [-0.25, -0.2) is 0 Å². The zero-order chi connectivity index (χ0) is 55.6. The maximum atomic E-state index is 2.54. The SMILES string of the molecule is c1ccc(-c2c(-c3ccccc3)c(-c3ccccc3)n(-c3ccccc3)c2-c2ccccc2)cc1.c1ccc(-c2c([Si](c3ccccc3)(c3ccccc3)c3ccccc3)c(-c3ccccc3)n(-c3ccccc3)c2-c2ccccc2)cc1. The Morgan fingerprint density at radius 2 is 0.361 bits per heavy atom. The second kappa shape index (κ2) is 24.0. The van der Waals surface area contributed by atoms with Crippen LogP contribution in [0.25, 0.3) is 89.8 Å². The number of para-hydroxylation sites is 2. The second-order valence-electron chi connectivity index (χ2n) is 20.6. The van der Waals surface area contributed by atoms with Gasteiger partial charge in [-0.3, -0.25) is 0 Å². The molecule has 14 aromatic rings. The van der Waals surface area contributed by atoms with Gasteiger partial charge in [-0.05, 0) is 84.0 Å². The van der Waals surface area contributed by atoms with E-state index in [1.165, 1.54) is 99.2 Å². The van der Waals surface area contributed by atoms with E-state index in [1.807, 2.05) is 0 Å². The average Bonchev–Trinajstić information content (AvgIpc) is 2.55. The number of aromatic nitrogens is 2. The summed E-state index contributed by atoms with van der Waals surface area (Å²) in [5, 5.41) is 5.43. The molecule has 0 saturated carbocycles. The van der Waals surface area contributed by atoms with Crippen LogP contribution in [0.4, 0.5) is 0 Å². The van der Waals surface area contributed by atoms with Gasteiger partial charge < -0.3 is 9.13 Å². The van der Waals surface area contributed by atoms with E-state index in [4.69, 9.17) is 0 Å². The molecule has 2 aromatic heterocycles. The third-order valence-corrected chi connectivity index (χ3v) is 20.6. The van der Waals surface area contributed by atoms with Crippen molar-refractivity contribution in [2.75, 3.05) is 0 Å². The smallest absolute Gasteiger partial charge is 0.182 e. The monoisotopic (exact) mass is 1080 g/mol. The lowest BCUT2D eigenvalue weighted by Gasteiger charge is -2.36. The van der Waals surface area contributed by atoms with Gasteiger partial charge in [-0.1, -0.05) is 340 Å². The fourth-order valence-corrected chi connectivity index (χ4v) is 17.5. The van der Waals surface area contributed by atoms with Crippen molar-refractivity contribution in [1.82, 2.24) is 9.13 Å². The molecule has 14 rings (SSSR count). The minimum Gasteiger partial charge on any atom is -0.309 e. The number of rotatable bonds is 13. The predicted octanol–water partition coefficient (Wildman–Crippen LogP) is 18.0. The van der Waals surface area contributed by atoms with Gasteiger partial charge in [0.25, 0.3) is 0 Å². The first-order valence-electron chi connectivity index (χ1n) is 28.5. The Kier molecular flexibility index (Phi) is 15.0. The third-order valence-electron chi connectivity index (χ3n) is 15.7. The van der Waals surface area contributed by atoms with Crippen molar-refractivity contribution in [2.24, 2.45) is 0 Å². The number of benzene rings is 12. The van der Waals surface area contributed by atoms with Crippen molar-refractivity contribution in [3.05, 3.63) is 364 Å². The lowest BCUT2D eigenvalue weighted by Crippen LogP contribution is -2.75. The topological polar surface area (TPSA) is 9.86 Å². The Hall–Kier alpha value is -10.6. The normalized spacial score (nSPS) is 11.1. The molecule has 0 saturated heterocycles. The Morgan fingerprint density at radius 3 is 0.639 bits per heavy atom. The van der Waals surface area contributed by atoms with Crippen molar-refractivity contribution in [2.45, 2.75) is 0 Å². The molecule has 0 aliphatic carbocycles. The van der Waals surface area contributed by atoms with Gasteiger partial charge in [0.2, 0.25) is 0 Å². The second-order valence-corrected chi connectivity index (χ2v) is 24.4. The van der Waals surface area contributed by atoms with Crippen LogP contribution >= 0.6 is 0 Å². The average molecular weight is 1080 g/mol. The molecule has 0 radical (unpaired) electrons. The quantitative estimate of drug-likeness (QED) is 0.0804. The summed E-state index contributed by atoms with van der Waals surface area (Å²) in [5.41, 5.74) is 19.2. The first kappa shape index (κ1) is 51.8. The van der Waals surface area contributed by atoms with Crippen LogP contribution in [0.5, 0.6) is 0 Å². The van der Waals surface area contributed by atoms with E-state index in [1.54, 1.807) is 0 Å². The molecule has 394 valence electrons. The van der Waals surface area contributed by atoms with Gasteiger partial charge in [0.1, 0.15) is 0 Å². The van der Waals surface area contributed by atoms with Crippen molar-refractivity contribution in [1.29, 1.82) is 0 Å². The molecule has 0 N–H and O–H groups in total. The summed E-state index contributed by atoms with van der Waals surface area (Å²) in [6, 6.07) is 131. The van der Waals surface area contributed by atoms with Crippen LogP contribution in [0.1, 0.15) is 0 Å². The first-order valence-corrected chi connectivity index (χ1v) is 30.5. The molecule has 0 aliphatic rings. The summed E-state index contributed by atoms with van der Waals surface area (Å²) >= 11 is 0. The number of hydrogen-bond acceptors (Lipinski definition) is 0. The highest BCUT2D eigenvalue weighted by Crippen LogP contribution is 2.50. The largest absolute Gasteiger partial charge is 0.309 e. The summed E-state index contributed by atoms with van der Waals surface area (Å²) in [5.74, 6) is 0. The molecule has 83 heavy (non-hydrogen) atoms. The Morgan fingerprint density at radius 1 is 0.169 bits per heavy atom. The first-order chi connectivity index (χ1) is 41.3. The zero-order valence-corrected chi connectivity index (χ0v) is 47.0. The molecule has 0 spiro atoms. The molecule has 0 bridgehead atoms. The van der Waals surface area contributed by atoms with E-state index in [9.17, 15) is 0 Å². The summed E-state index contributed by atoms with van der Waals surface area (Å²) in [7, 11) is -3.05. The molecule has 2 heterocycles. The van der Waals surface area contributed by atoms with Gasteiger partial charge in [0, 0.05) is 28.1 Å². The molecule has 0 atom stereocenters. The molecule has 0 amide bonds. The molecule has 12 aromatic carbocycles. The Balaban J connectivity index is 0.000000163. The van der Waals surface area contributed by atoms with E-state index in [0.717, 1.165) is 11.4 Å². The van der Waals surface area contributed by atoms with Crippen LogP contribution in [0.2, 0.25) is 0 Å². The third kappa shape index (κ3) is 10.0. The highest BCUT2D eigenvalue weighted by molar-refractivity contribution is 7.21. The van der Waals surface area contributed by atoms with Gasteiger partial charge >= 0.3 is 0 Å².